The quantitative estimate of drug-likeness (QED) is 0.713. The zero-order valence-electron chi connectivity index (χ0n) is 15.7. The Morgan fingerprint density at radius 1 is 1.21 bits per heavy atom. The van der Waals surface area contributed by atoms with Crippen molar-refractivity contribution in [2.24, 2.45) is 5.92 Å². The fraction of sp³-hybridized carbons (Fsp3) is 0.381. The van der Waals surface area contributed by atoms with E-state index in [4.69, 9.17) is 0 Å². The number of aryl methyl sites for hydroxylation is 1. The van der Waals surface area contributed by atoms with Crippen LogP contribution in [0.4, 0.5) is 5.69 Å². The smallest absolute Gasteiger partial charge is 0.241 e. The minimum Gasteiger partial charge on any atom is -0.312 e. The van der Waals surface area contributed by atoms with Gasteiger partial charge in [0, 0.05) is 29.2 Å². The van der Waals surface area contributed by atoms with Gasteiger partial charge >= 0.3 is 0 Å². The van der Waals surface area contributed by atoms with Crippen molar-refractivity contribution < 1.29 is 13.2 Å². The van der Waals surface area contributed by atoms with E-state index in [9.17, 15) is 13.2 Å². The number of carbonyl (C=O) groups is 1. The first-order valence-electron chi connectivity index (χ1n) is 9.54. The van der Waals surface area contributed by atoms with Crippen LogP contribution in [0.25, 0.3) is 0 Å². The third-order valence-electron chi connectivity index (χ3n) is 5.34. The van der Waals surface area contributed by atoms with E-state index in [1.807, 2.05) is 37.3 Å². The van der Waals surface area contributed by atoms with E-state index in [1.54, 1.807) is 11.0 Å². The monoisotopic (exact) mass is 462 g/mol. The maximum Gasteiger partial charge on any atom is 0.241 e. The SMILES string of the molecule is Cc1ccc(CCNS(=O)(=O)c2cc3c(cc2Br)CCN3C(=O)C2CC2)cc1. The number of rotatable bonds is 6. The van der Waals surface area contributed by atoms with Crippen LogP contribution in [0.2, 0.25) is 0 Å². The number of nitrogens with one attached hydrogen (secondary N) is 1. The number of sulfonamides is 1. The molecule has 2 aromatic carbocycles. The van der Waals surface area contributed by atoms with Gasteiger partial charge in [-0.3, -0.25) is 4.79 Å². The molecule has 1 heterocycles. The molecule has 1 saturated carbocycles. The van der Waals surface area contributed by atoms with Gasteiger partial charge in [-0.1, -0.05) is 29.8 Å². The minimum absolute atomic E-state index is 0.113. The van der Waals surface area contributed by atoms with Crippen molar-refractivity contribution in [1.82, 2.24) is 4.72 Å². The average molecular weight is 463 g/mol. The second-order valence-corrected chi connectivity index (χ2v) is 10.1. The second-order valence-electron chi connectivity index (χ2n) is 7.56. The average Bonchev–Trinajstić information content (AvgIpc) is 3.42. The molecule has 0 aromatic heterocycles. The zero-order chi connectivity index (χ0) is 19.9. The fourth-order valence-electron chi connectivity index (χ4n) is 3.54. The molecule has 1 amide bonds. The van der Waals surface area contributed by atoms with Crippen LogP contribution in [-0.4, -0.2) is 27.4 Å². The molecule has 1 fully saturated rings. The molecular formula is C21H23BrN2O3S. The summed E-state index contributed by atoms with van der Waals surface area (Å²) >= 11 is 3.41. The predicted molar refractivity (Wildman–Crippen MR) is 113 cm³/mol. The Balaban J connectivity index is 1.51. The first-order valence-corrected chi connectivity index (χ1v) is 11.8. The topological polar surface area (TPSA) is 66.5 Å². The number of benzene rings is 2. The van der Waals surface area contributed by atoms with Crippen LogP contribution < -0.4 is 9.62 Å². The molecular weight excluding hydrogens is 440 g/mol. The lowest BCUT2D eigenvalue weighted by Crippen LogP contribution is -2.30. The summed E-state index contributed by atoms with van der Waals surface area (Å²) in [5, 5.41) is 0. The highest BCUT2D eigenvalue weighted by atomic mass is 79.9. The van der Waals surface area contributed by atoms with Crippen molar-refractivity contribution in [3.63, 3.8) is 0 Å². The Morgan fingerprint density at radius 2 is 1.93 bits per heavy atom. The number of hydrogen-bond donors (Lipinski definition) is 1. The highest BCUT2D eigenvalue weighted by Gasteiger charge is 2.37. The number of halogens is 1. The standard InChI is InChI=1S/C21H23BrN2O3S/c1-14-2-4-15(5-3-14)8-10-23-28(26,27)20-13-19-17(12-18(20)22)9-11-24(19)21(25)16-6-7-16/h2-5,12-13,16,23H,6-11H2,1H3. The summed E-state index contributed by atoms with van der Waals surface area (Å²) < 4.78 is 29.0. The van der Waals surface area contributed by atoms with Gasteiger partial charge in [-0.05, 0) is 71.8 Å². The van der Waals surface area contributed by atoms with Gasteiger partial charge < -0.3 is 4.90 Å². The highest BCUT2D eigenvalue weighted by molar-refractivity contribution is 9.10. The van der Waals surface area contributed by atoms with Crippen LogP contribution in [0.15, 0.2) is 45.8 Å². The van der Waals surface area contributed by atoms with Gasteiger partial charge in [0.1, 0.15) is 0 Å². The third kappa shape index (κ3) is 4.02. The lowest BCUT2D eigenvalue weighted by atomic mass is 10.1. The number of carbonyl (C=O) groups excluding carboxylic acids is 1. The molecule has 2 aliphatic rings. The Hall–Kier alpha value is -1.70. The third-order valence-corrected chi connectivity index (χ3v) is 7.76. The van der Waals surface area contributed by atoms with Crippen molar-refractivity contribution >= 4 is 37.5 Å². The maximum atomic E-state index is 12.9. The van der Waals surface area contributed by atoms with E-state index < -0.39 is 10.0 Å². The molecule has 1 aliphatic carbocycles. The van der Waals surface area contributed by atoms with Crippen LogP contribution in [0.5, 0.6) is 0 Å². The first kappa shape index (κ1) is 19.6. The van der Waals surface area contributed by atoms with Crippen molar-refractivity contribution in [3.05, 3.63) is 57.6 Å². The van der Waals surface area contributed by atoms with E-state index in [0.717, 1.165) is 36.1 Å². The molecule has 1 N–H and O–H groups in total. The van der Waals surface area contributed by atoms with E-state index in [2.05, 4.69) is 20.7 Å². The van der Waals surface area contributed by atoms with Crippen LogP contribution in [0.3, 0.4) is 0 Å². The molecule has 0 saturated heterocycles. The number of anilines is 1. The minimum atomic E-state index is -3.68. The molecule has 0 unspecified atom stereocenters. The van der Waals surface area contributed by atoms with Crippen LogP contribution >= 0.6 is 15.9 Å². The molecule has 4 rings (SSSR count). The maximum absolute atomic E-state index is 12.9. The van der Waals surface area contributed by atoms with Crippen molar-refractivity contribution in [1.29, 1.82) is 0 Å². The van der Waals surface area contributed by atoms with E-state index in [0.29, 0.717) is 24.0 Å². The summed E-state index contributed by atoms with van der Waals surface area (Å²) in [6.07, 6.45) is 3.25. The van der Waals surface area contributed by atoms with Crippen molar-refractivity contribution in [3.8, 4) is 0 Å². The molecule has 7 heteroatoms. The second kappa shape index (κ2) is 7.61. The number of hydrogen-bond acceptors (Lipinski definition) is 3. The van der Waals surface area contributed by atoms with Gasteiger partial charge in [-0.25, -0.2) is 13.1 Å². The van der Waals surface area contributed by atoms with E-state index in [-0.39, 0.29) is 16.7 Å². The summed E-state index contributed by atoms with van der Waals surface area (Å²) in [7, 11) is -3.68. The van der Waals surface area contributed by atoms with Gasteiger partial charge in [0.25, 0.3) is 0 Å². The van der Waals surface area contributed by atoms with Gasteiger partial charge in [-0.2, -0.15) is 0 Å². The number of amides is 1. The molecule has 5 nitrogen and oxygen atoms in total. The molecule has 0 radical (unpaired) electrons. The Bertz CT molecular complexity index is 1010. The van der Waals surface area contributed by atoms with Crippen LogP contribution in [0, 0.1) is 12.8 Å². The van der Waals surface area contributed by atoms with Gasteiger partial charge in [-0.15, -0.1) is 0 Å². The normalized spacial score (nSPS) is 16.3. The molecule has 148 valence electrons. The van der Waals surface area contributed by atoms with Crippen LogP contribution in [0.1, 0.15) is 29.5 Å². The molecule has 28 heavy (non-hydrogen) atoms. The van der Waals surface area contributed by atoms with Crippen LogP contribution in [-0.2, 0) is 27.7 Å². The first-order chi connectivity index (χ1) is 13.3. The van der Waals surface area contributed by atoms with E-state index >= 15 is 0 Å². The molecule has 1 aliphatic heterocycles. The van der Waals surface area contributed by atoms with Gasteiger partial charge in [0.05, 0.1) is 4.90 Å². The molecule has 2 aromatic rings. The van der Waals surface area contributed by atoms with E-state index in [1.165, 1.54) is 5.56 Å². The summed E-state index contributed by atoms with van der Waals surface area (Å²) in [4.78, 5) is 14.5. The lowest BCUT2D eigenvalue weighted by molar-refractivity contribution is -0.119. The lowest BCUT2D eigenvalue weighted by Gasteiger charge is -2.18. The summed E-state index contributed by atoms with van der Waals surface area (Å²) in [5.41, 5.74) is 4.01. The van der Waals surface area contributed by atoms with Gasteiger partial charge in [0.15, 0.2) is 0 Å². The molecule has 0 spiro atoms. The van der Waals surface area contributed by atoms with Gasteiger partial charge in [0.2, 0.25) is 15.9 Å². The zero-order valence-corrected chi connectivity index (χ0v) is 18.1. The Kier molecular flexibility index (Phi) is 5.33. The molecule has 0 bridgehead atoms. The highest BCUT2D eigenvalue weighted by Crippen LogP contribution is 2.39. The molecule has 0 atom stereocenters. The Labute approximate surface area is 174 Å². The van der Waals surface area contributed by atoms with Crippen molar-refractivity contribution in [2.45, 2.75) is 37.5 Å². The Morgan fingerprint density at radius 3 is 2.61 bits per heavy atom. The summed E-state index contributed by atoms with van der Waals surface area (Å²) in [6.45, 7) is 2.97. The predicted octanol–water partition coefficient (Wildman–Crippen LogP) is 3.58. The number of nitrogens with zero attached hydrogens (tertiary/aromatic N) is 1. The summed E-state index contributed by atoms with van der Waals surface area (Å²) in [6, 6.07) is 11.5. The number of fused-ring (bicyclic) bond motifs is 1. The fourth-order valence-corrected chi connectivity index (χ4v) is 5.67. The summed E-state index contributed by atoms with van der Waals surface area (Å²) in [5.74, 6) is 0.235. The van der Waals surface area contributed by atoms with Crippen molar-refractivity contribution in [2.75, 3.05) is 18.0 Å². The largest absolute Gasteiger partial charge is 0.312 e.